The van der Waals surface area contributed by atoms with Gasteiger partial charge in [0.2, 0.25) is 0 Å². The molecule has 0 saturated carbocycles. The molecule has 0 bridgehead atoms. The van der Waals surface area contributed by atoms with E-state index >= 15 is 0 Å². The molecule has 0 spiro atoms. The van der Waals surface area contributed by atoms with E-state index in [1.165, 1.54) is 6.08 Å². The highest BCUT2D eigenvalue weighted by Crippen LogP contribution is 2.17. The lowest BCUT2D eigenvalue weighted by Crippen LogP contribution is -2.22. The molecule has 0 aliphatic rings. The van der Waals surface area contributed by atoms with Crippen molar-refractivity contribution in [2.24, 2.45) is 0 Å². The fraction of sp³-hybridized carbons (Fsp3) is 0.737. The minimum atomic E-state index is -0.561. The van der Waals surface area contributed by atoms with Crippen LogP contribution in [-0.2, 0) is 28.6 Å². The SMILES string of the molecule is CCOC(=O)CCCC(=CC(=O)OC(C)(C)C)CCCC(=O)OCC. The van der Waals surface area contributed by atoms with Gasteiger partial charge in [-0.2, -0.15) is 0 Å². The van der Waals surface area contributed by atoms with Crippen molar-refractivity contribution in [3.8, 4) is 0 Å². The van der Waals surface area contributed by atoms with Crippen molar-refractivity contribution in [2.45, 2.75) is 78.7 Å². The van der Waals surface area contributed by atoms with Crippen LogP contribution in [0.4, 0.5) is 0 Å². The molecule has 0 radical (unpaired) electrons. The fourth-order valence-electron chi connectivity index (χ4n) is 2.15. The summed E-state index contributed by atoms with van der Waals surface area (Å²) in [5.74, 6) is -0.897. The summed E-state index contributed by atoms with van der Waals surface area (Å²) in [6.45, 7) is 9.67. The van der Waals surface area contributed by atoms with Crippen LogP contribution in [0.25, 0.3) is 0 Å². The predicted molar refractivity (Wildman–Crippen MR) is 94.9 cm³/mol. The molecule has 0 fully saturated rings. The Morgan fingerprint density at radius 3 is 1.60 bits per heavy atom. The molecule has 6 heteroatoms. The molecule has 0 rings (SSSR count). The summed E-state index contributed by atoms with van der Waals surface area (Å²) in [6.07, 6.45) is 4.43. The number of hydrogen-bond donors (Lipinski definition) is 0. The van der Waals surface area contributed by atoms with Gasteiger partial charge in [0.1, 0.15) is 5.60 Å². The molecule has 0 aromatic heterocycles. The van der Waals surface area contributed by atoms with Gasteiger partial charge in [-0.1, -0.05) is 5.57 Å². The van der Waals surface area contributed by atoms with Crippen LogP contribution in [0.5, 0.6) is 0 Å². The summed E-state index contributed by atoms with van der Waals surface area (Å²) in [5, 5.41) is 0. The van der Waals surface area contributed by atoms with Gasteiger partial charge in [0.25, 0.3) is 0 Å². The Kier molecular flexibility index (Phi) is 11.6. The molecule has 0 aromatic carbocycles. The number of allylic oxidation sites excluding steroid dienone is 1. The normalized spacial score (nSPS) is 10.8. The molecule has 0 unspecified atom stereocenters. The Hall–Kier alpha value is -1.85. The average Bonchev–Trinajstić information content (AvgIpc) is 2.45. The first-order chi connectivity index (χ1) is 11.7. The fourth-order valence-corrected chi connectivity index (χ4v) is 2.15. The first kappa shape index (κ1) is 23.1. The minimum Gasteiger partial charge on any atom is -0.466 e. The van der Waals surface area contributed by atoms with Crippen LogP contribution < -0.4 is 0 Å². The third-order valence-electron chi connectivity index (χ3n) is 3.10. The number of esters is 3. The number of hydrogen-bond acceptors (Lipinski definition) is 6. The Morgan fingerprint density at radius 2 is 1.24 bits per heavy atom. The highest BCUT2D eigenvalue weighted by atomic mass is 16.6. The Balaban J connectivity index is 4.61. The molecule has 25 heavy (non-hydrogen) atoms. The summed E-state index contributed by atoms with van der Waals surface area (Å²) in [6, 6.07) is 0. The van der Waals surface area contributed by atoms with Gasteiger partial charge >= 0.3 is 17.9 Å². The first-order valence-corrected chi connectivity index (χ1v) is 8.91. The van der Waals surface area contributed by atoms with Crippen LogP contribution in [-0.4, -0.2) is 36.7 Å². The zero-order valence-electron chi connectivity index (χ0n) is 16.2. The monoisotopic (exact) mass is 356 g/mol. The highest BCUT2D eigenvalue weighted by Gasteiger charge is 2.15. The van der Waals surface area contributed by atoms with E-state index in [9.17, 15) is 14.4 Å². The third kappa shape index (κ3) is 14.2. The summed E-state index contributed by atoms with van der Waals surface area (Å²) in [7, 11) is 0. The van der Waals surface area contributed by atoms with Crippen LogP contribution in [0.2, 0.25) is 0 Å². The Morgan fingerprint density at radius 1 is 0.800 bits per heavy atom. The van der Waals surface area contributed by atoms with Crippen molar-refractivity contribution >= 4 is 17.9 Å². The first-order valence-electron chi connectivity index (χ1n) is 8.91. The van der Waals surface area contributed by atoms with E-state index in [2.05, 4.69) is 0 Å². The zero-order valence-corrected chi connectivity index (χ0v) is 16.2. The molecule has 0 heterocycles. The van der Waals surface area contributed by atoms with Gasteiger partial charge in [-0.3, -0.25) is 9.59 Å². The number of rotatable bonds is 11. The second kappa shape index (κ2) is 12.5. The standard InChI is InChI=1S/C19H32O6/c1-6-23-16(20)12-8-10-15(11-9-13-17(21)24-7-2)14-18(22)25-19(3,4)5/h14H,6-13H2,1-5H3. The van der Waals surface area contributed by atoms with Gasteiger partial charge in [0.15, 0.2) is 0 Å². The van der Waals surface area contributed by atoms with Crippen LogP contribution in [0.1, 0.15) is 73.1 Å². The molecule has 0 amide bonds. The summed E-state index contributed by atoms with van der Waals surface area (Å²) >= 11 is 0. The van der Waals surface area contributed by atoms with Crippen LogP contribution >= 0.6 is 0 Å². The lowest BCUT2D eigenvalue weighted by molar-refractivity contribution is -0.148. The van der Waals surface area contributed by atoms with E-state index in [4.69, 9.17) is 14.2 Å². The Bertz CT molecular complexity index is 433. The van der Waals surface area contributed by atoms with Gasteiger partial charge in [-0.25, -0.2) is 4.79 Å². The molecule has 0 atom stereocenters. The van der Waals surface area contributed by atoms with E-state index in [-0.39, 0.29) is 11.9 Å². The van der Waals surface area contributed by atoms with Crippen molar-refractivity contribution in [2.75, 3.05) is 13.2 Å². The lowest BCUT2D eigenvalue weighted by Gasteiger charge is -2.18. The maximum absolute atomic E-state index is 12.0. The van der Waals surface area contributed by atoms with Crippen LogP contribution in [0.15, 0.2) is 11.6 Å². The predicted octanol–water partition coefficient (Wildman–Crippen LogP) is 3.72. The second-order valence-corrected chi connectivity index (χ2v) is 6.65. The zero-order chi connectivity index (χ0) is 19.3. The number of ether oxygens (including phenoxy) is 3. The van der Waals surface area contributed by atoms with Crippen molar-refractivity contribution in [3.05, 3.63) is 11.6 Å². The minimum absolute atomic E-state index is 0.245. The largest absolute Gasteiger partial charge is 0.466 e. The molecular formula is C19H32O6. The van der Waals surface area contributed by atoms with E-state index in [0.717, 1.165) is 5.57 Å². The van der Waals surface area contributed by atoms with E-state index in [0.29, 0.717) is 51.7 Å². The number of carbonyl (C=O) groups is 3. The molecule has 0 aliphatic carbocycles. The second-order valence-electron chi connectivity index (χ2n) is 6.65. The molecule has 0 saturated heterocycles. The van der Waals surface area contributed by atoms with Crippen molar-refractivity contribution in [1.82, 2.24) is 0 Å². The van der Waals surface area contributed by atoms with Crippen molar-refractivity contribution in [1.29, 1.82) is 0 Å². The van der Waals surface area contributed by atoms with Crippen LogP contribution in [0, 0.1) is 0 Å². The quantitative estimate of drug-likeness (QED) is 0.319. The molecule has 0 N–H and O–H groups in total. The van der Waals surface area contributed by atoms with Gasteiger partial charge < -0.3 is 14.2 Å². The third-order valence-corrected chi connectivity index (χ3v) is 3.10. The average molecular weight is 356 g/mol. The lowest BCUT2D eigenvalue weighted by atomic mass is 10.0. The molecule has 0 aromatic rings. The number of carbonyl (C=O) groups excluding carboxylic acids is 3. The van der Waals surface area contributed by atoms with E-state index < -0.39 is 11.6 Å². The molecular weight excluding hydrogens is 324 g/mol. The van der Waals surface area contributed by atoms with E-state index in [1.54, 1.807) is 34.6 Å². The van der Waals surface area contributed by atoms with Gasteiger partial charge in [0, 0.05) is 18.9 Å². The van der Waals surface area contributed by atoms with E-state index in [1.807, 2.05) is 0 Å². The smallest absolute Gasteiger partial charge is 0.331 e. The Labute approximate surface area is 150 Å². The molecule has 6 nitrogen and oxygen atoms in total. The maximum atomic E-state index is 12.0. The summed E-state index contributed by atoms with van der Waals surface area (Å²) in [5.41, 5.74) is 0.303. The summed E-state index contributed by atoms with van der Waals surface area (Å²) in [4.78, 5) is 34.8. The highest BCUT2D eigenvalue weighted by molar-refractivity contribution is 5.83. The molecule has 144 valence electrons. The topological polar surface area (TPSA) is 78.9 Å². The van der Waals surface area contributed by atoms with Crippen molar-refractivity contribution in [3.63, 3.8) is 0 Å². The van der Waals surface area contributed by atoms with Gasteiger partial charge in [-0.05, 0) is 60.3 Å². The van der Waals surface area contributed by atoms with Crippen LogP contribution in [0.3, 0.4) is 0 Å². The summed E-state index contributed by atoms with van der Waals surface area (Å²) < 4.78 is 15.1. The van der Waals surface area contributed by atoms with Gasteiger partial charge in [0.05, 0.1) is 13.2 Å². The van der Waals surface area contributed by atoms with Gasteiger partial charge in [-0.15, -0.1) is 0 Å². The maximum Gasteiger partial charge on any atom is 0.331 e. The molecule has 0 aliphatic heterocycles. The van der Waals surface area contributed by atoms with Crippen molar-refractivity contribution < 1.29 is 28.6 Å².